The Balaban J connectivity index is 1.88. The first-order valence-electron chi connectivity index (χ1n) is 9.96. The van der Waals surface area contributed by atoms with Gasteiger partial charge in [-0.25, -0.2) is 10.1 Å². The van der Waals surface area contributed by atoms with E-state index >= 15 is 0 Å². The molecule has 9 heteroatoms. The van der Waals surface area contributed by atoms with E-state index in [9.17, 15) is 9.59 Å². The van der Waals surface area contributed by atoms with E-state index in [1.807, 2.05) is 13.8 Å². The van der Waals surface area contributed by atoms with Crippen LogP contribution in [0.15, 0.2) is 22.8 Å². The van der Waals surface area contributed by atoms with Gasteiger partial charge in [0.15, 0.2) is 0 Å². The Morgan fingerprint density at radius 1 is 1.38 bits per heavy atom. The lowest BCUT2D eigenvalue weighted by atomic mass is 10.1. The first-order valence-corrected chi connectivity index (χ1v) is 9.96. The summed E-state index contributed by atoms with van der Waals surface area (Å²) in [5, 5.41) is 1.35. The predicted molar refractivity (Wildman–Crippen MR) is 110 cm³/mol. The largest absolute Gasteiger partial charge is 0.387 e. The number of hydrogen-bond donors (Lipinski definition) is 2. The molecule has 1 fully saturated rings. The van der Waals surface area contributed by atoms with Gasteiger partial charge in [-0.05, 0) is 31.9 Å². The van der Waals surface area contributed by atoms with Gasteiger partial charge in [0.25, 0.3) is 11.8 Å². The van der Waals surface area contributed by atoms with Crippen LogP contribution >= 0.6 is 0 Å². The molecular formula is C20H28N6O3. The summed E-state index contributed by atoms with van der Waals surface area (Å²) in [6.45, 7) is 5.83. The highest BCUT2D eigenvalue weighted by Gasteiger charge is 2.26. The van der Waals surface area contributed by atoms with Crippen molar-refractivity contribution in [2.24, 2.45) is 16.5 Å². The molecule has 1 aromatic heterocycles. The molecule has 0 spiro atoms. The number of aliphatic imine (C=N–C) groups is 1. The predicted octanol–water partition coefficient (Wildman–Crippen LogP) is 1.22. The number of nitrogens with two attached hydrogens (primary N) is 2. The summed E-state index contributed by atoms with van der Waals surface area (Å²) in [5.41, 5.74) is 13.8. The highest BCUT2D eigenvalue weighted by atomic mass is 16.7. The standard InChI is InChI=1S/C20H28N6O3/c1-3-6-26(29-4-2)20(28)13-8-16-17(24-18(22)10-13)9-14(11-23-16)19(27)25-7-5-15(21)12-25/h8-9,11,15H,3-7,10,12,21H2,1-2H3,(H2,22,24). The normalized spacial score (nSPS) is 18.6. The third-order valence-corrected chi connectivity index (χ3v) is 4.82. The number of hydroxylamine groups is 2. The average molecular weight is 400 g/mol. The van der Waals surface area contributed by atoms with E-state index in [4.69, 9.17) is 16.3 Å². The van der Waals surface area contributed by atoms with Crippen molar-refractivity contribution in [3.8, 4) is 0 Å². The molecule has 4 N–H and O–H groups in total. The summed E-state index contributed by atoms with van der Waals surface area (Å²) in [4.78, 5) is 41.5. The van der Waals surface area contributed by atoms with Crippen molar-refractivity contribution in [3.05, 3.63) is 29.1 Å². The molecule has 1 aromatic rings. The zero-order valence-corrected chi connectivity index (χ0v) is 16.9. The summed E-state index contributed by atoms with van der Waals surface area (Å²) in [6.07, 6.45) is 4.92. The molecule has 156 valence electrons. The van der Waals surface area contributed by atoms with Crippen LogP contribution in [-0.4, -0.2) is 64.9 Å². The number of carbonyl (C=O) groups is 2. The van der Waals surface area contributed by atoms with E-state index in [1.54, 1.807) is 17.0 Å². The van der Waals surface area contributed by atoms with Crippen molar-refractivity contribution >= 4 is 29.4 Å². The van der Waals surface area contributed by atoms with Gasteiger partial charge < -0.3 is 16.4 Å². The molecule has 0 radical (unpaired) electrons. The number of hydrogen-bond acceptors (Lipinski definition) is 7. The second kappa shape index (κ2) is 9.15. The quantitative estimate of drug-likeness (QED) is 0.691. The number of carbonyl (C=O) groups excluding carboxylic acids is 2. The highest BCUT2D eigenvalue weighted by Crippen LogP contribution is 2.27. The van der Waals surface area contributed by atoms with Crippen molar-refractivity contribution in [2.75, 3.05) is 26.2 Å². The molecule has 29 heavy (non-hydrogen) atoms. The van der Waals surface area contributed by atoms with E-state index in [0.29, 0.717) is 48.8 Å². The smallest absolute Gasteiger partial charge is 0.273 e. The molecule has 2 amide bonds. The van der Waals surface area contributed by atoms with Gasteiger partial charge in [-0.1, -0.05) is 6.92 Å². The minimum absolute atomic E-state index is 0.00862. The first-order chi connectivity index (χ1) is 13.9. The molecule has 2 aliphatic heterocycles. The lowest BCUT2D eigenvalue weighted by Crippen LogP contribution is -2.34. The van der Waals surface area contributed by atoms with Gasteiger partial charge in [-0.3, -0.25) is 19.4 Å². The van der Waals surface area contributed by atoms with Crippen molar-refractivity contribution in [1.82, 2.24) is 14.9 Å². The molecule has 2 aliphatic rings. The zero-order chi connectivity index (χ0) is 21.0. The van der Waals surface area contributed by atoms with E-state index < -0.39 is 0 Å². The molecule has 0 aromatic carbocycles. The second-order valence-electron chi connectivity index (χ2n) is 7.20. The van der Waals surface area contributed by atoms with Gasteiger partial charge in [-0.15, -0.1) is 0 Å². The molecule has 1 saturated heterocycles. The van der Waals surface area contributed by atoms with Crippen LogP contribution in [0.2, 0.25) is 0 Å². The Morgan fingerprint density at radius 3 is 2.83 bits per heavy atom. The van der Waals surface area contributed by atoms with Crippen molar-refractivity contribution in [2.45, 2.75) is 39.2 Å². The van der Waals surface area contributed by atoms with Crippen LogP contribution in [0.25, 0.3) is 6.08 Å². The number of nitrogens with zero attached hydrogens (tertiary/aromatic N) is 4. The van der Waals surface area contributed by atoms with E-state index in [1.165, 1.54) is 11.3 Å². The van der Waals surface area contributed by atoms with Gasteiger partial charge in [0.05, 0.1) is 23.6 Å². The van der Waals surface area contributed by atoms with Gasteiger partial charge >= 0.3 is 0 Å². The van der Waals surface area contributed by atoms with Gasteiger partial charge in [0.1, 0.15) is 5.84 Å². The third-order valence-electron chi connectivity index (χ3n) is 4.82. The number of fused-ring (bicyclic) bond motifs is 1. The maximum Gasteiger partial charge on any atom is 0.273 e. The van der Waals surface area contributed by atoms with Crippen LogP contribution in [0.3, 0.4) is 0 Å². The number of amides is 2. The fraction of sp³-hybridized carbons (Fsp3) is 0.500. The maximum atomic E-state index is 12.9. The van der Waals surface area contributed by atoms with E-state index in [2.05, 4.69) is 9.98 Å². The SMILES string of the molecule is CCCN(OCC)C(=O)C1=Cc2ncc(C(=O)N3CCC(N)C3)cc2N=C(N)C1. The molecule has 0 aliphatic carbocycles. The minimum atomic E-state index is -0.257. The topological polar surface area (TPSA) is 127 Å². The lowest BCUT2D eigenvalue weighted by molar-refractivity contribution is -0.180. The van der Waals surface area contributed by atoms with Gasteiger partial charge in [-0.2, -0.15) is 0 Å². The molecule has 1 atom stereocenters. The number of pyridine rings is 1. The Labute approximate surface area is 170 Å². The second-order valence-corrected chi connectivity index (χ2v) is 7.20. The van der Waals surface area contributed by atoms with Crippen LogP contribution in [-0.2, 0) is 9.63 Å². The molecule has 9 nitrogen and oxygen atoms in total. The average Bonchev–Trinajstić information content (AvgIpc) is 3.05. The highest BCUT2D eigenvalue weighted by molar-refractivity contribution is 6.05. The lowest BCUT2D eigenvalue weighted by Gasteiger charge is -2.21. The summed E-state index contributed by atoms with van der Waals surface area (Å²) >= 11 is 0. The first kappa shape index (κ1) is 20.9. The Morgan fingerprint density at radius 2 is 2.17 bits per heavy atom. The Kier molecular flexibility index (Phi) is 6.60. The molecule has 3 rings (SSSR count). The molecular weight excluding hydrogens is 372 g/mol. The van der Waals surface area contributed by atoms with Crippen LogP contribution < -0.4 is 11.5 Å². The third kappa shape index (κ3) is 4.80. The fourth-order valence-corrected chi connectivity index (χ4v) is 3.42. The molecule has 0 bridgehead atoms. The summed E-state index contributed by atoms with van der Waals surface area (Å²) in [5.74, 6) is -0.101. The minimum Gasteiger partial charge on any atom is -0.387 e. The molecule has 0 saturated carbocycles. The van der Waals surface area contributed by atoms with E-state index in [0.717, 1.165) is 12.8 Å². The van der Waals surface area contributed by atoms with E-state index in [-0.39, 0.29) is 30.1 Å². The van der Waals surface area contributed by atoms with Crippen LogP contribution in [0.4, 0.5) is 5.69 Å². The summed E-state index contributed by atoms with van der Waals surface area (Å²) in [7, 11) is 0. The summed E-state index contributed by atoms with van der Waals surface area (Å²) < 4.78 is 0. The number of rotatable bonds is 6. The molecule has 3 heterocycles. The monoisotopic (exact) mass is 400 g/mol. The van der Waals surface area contributed by atoms with Crippen LogP contribution in [0, 0.1) is 0 Å². The Bertz CT molecular complexity index is 845. The number of amidine groups is 1. The van der Waals surface area contributed by atoms with Crippen molar-refractivity contribution < 1.29 is 14.4 Å². The zero-order valence-electron chi connectivity index (χ0n) is 16.9. The molecule has 1 unspecified atom stereocenters. The van der Waals surface area contributed by atoms with Crippen LogP contribution in [0.1, 0.15) is 49.2 Å². The number of likely N-dealkylation sites (tertiary alicyclic amines) is 1. The van der Waals surface area contributed by atoms with Crippen molar-refractivity contribution in [3.63, 3.8) is 0 Å². The fourth-order valence-electron chi connectivity index (χ4n) is 3.42. The summed E-state index contributed by atoms with van der Waals surface area (Å²) in [6, 6.07) is 1.67. The van der Waals surface area contributed by atoms with Gasteiger partial charge in [0, 0.05) is 43.9 Å². The Hall–Kier alpha value is -2.78. The number of aromatic nitrogens is 1. The van der Waals surface area contributed by atoms with Crippen molar-refractivity contribution in [1.29, 1.82) is 0 Å². The van der Waals surface area contributed by atoms with Gasteiger partial charge in [0.2, 0.25) is 0 Å². The van der Waals surface area contributed by atoms with Crippen LogP contribution in [0.5, 0.6) is 0 Å². The maximum absolute atomic E-state index is 12.9.